The Hall–Kier alpha value is -2.24. The summed E-state index contributed by atoms with van der Waals surface area (Å²) in [5, 5.41) is 3.86. The van der Waals surface area contributed by atoms with Crippen molar-refractivity contribution in [2.24, 2.45) is 4.99 Å². The van der Waals surface area contributed by atoms with Crippen molar-refractivity contribution in [1.82, 2.24) is 10.2 Å². The number of rotatable bonds is 4. The van der Waals surface area contributed by atoms with Gasteiger partial charge >= 0.3 is 0 Å². The number of likely N-dealkylation sites (tertiary alicyclic amines) is 1. The number of hydrogen-bond donors (Lipinski definition) is 1. The molecule has 154 valence electrons. The monoisotopic (exact) mass is 395 g/mol. The van der Waals surface area contributed by atoms with Gasteiger partial charge in [0, 0.05) is 37.3 Å². The van der Waals surface area contributed by atoms with Gasteiger partial charge in [0.25, 0.3) is 0 Å². The zero-order valence-corrected chi connectivity index (χ0v) is 17.5. The molecule has 0 aliphatic carbocycles. The third-order valence-corrected chi connectivity index (χ3v) is 6.24. The minimum atomic E-state index is -0.266. The third kappa shape index (κ3) is 4.36. The molecule has 1 N–H and O–H groups in total. The number of methoxy groups -OCH3 is 1. The summed E-state index contributed by atoms with van der Waals surface area (Å²) in [4.78, 5) is 7.72. The second-order valence-corrected chi connectivity index (χ2v) is 8.40. The summed E-state index contributed by atoms with van der Waals surface area (Å²) in [6, 6.07) is 15.7. The van der Waals surface area contributed by atoms with Gasteiger partial charge < -0.3 is 9.64 Å². The average molecular weight is 396 g/mol. The topological polar surface area (TPSA) is 36.9 Å². The van der Waals surface area contributed by atoms with E-state index in [-0.39, 0.29) is 17.5 Å². The van der Waals surface area contributed by atoms with E-state index in [0.717, 1.165) is 49.4 Å². The molecule has 1 fully saturated rings. The molecule has 29 heavy (non-hydrogen) atoms. The van der Waals surface area contributed by atoms with Crippen molar-refractivity contribution in [3.05, 3.63) is 65.5 Å². The quantitative estimate of drug-likeness (QED) is 0.825. The molecular formula is C24H30FN3O. The van der Waals surface area contributed by atoms with Crippen LogP contribution in [0.15, 0.2) is 53.5 Å². The third-order valence-electron chi connectivity index (χ3n) is 6.24. The van der Waals surface area contributed by atoms with Crippen molar-refractivity contribution < 1.29 is 9.13 Å². The lowest BCUT2D eigenvalue weighted by atomic mass is 9.87. The van der Waals surface area contributed by atoms with Crippen LogP contribution in [-0.2, 0) is 0 Å². The first kappa shape index (κ1) is 20.0. The zero-order chi connectivity index (χ0) is 20.4. The number of aliphatic imine (C=N–C) groups is 1. The maximum atomic E-state index is 13.5. The number of benzene rings is 2. The highest BCUT2D eigenvalue weighted by molar-refractivity contribution is 6.01. The number of piperidine rings is 1. The summed E-state index contributed by atoms with van der Waals surface area (Å²) in [5.74, 6) is 0.645. The minimum absolute atomic E-state index is 0.170. The van der Waals surface area contributed by atoms with Crippen molar-refractivity contribution >= 4 is 5.71 Å². The Balaban J connectivity index is 1.65. The van der Waals surface area contributed by atoms with E-state index in [1.54, 1.807) is 7.11 Å². The Morgan fingerprint density at radius 1 is 1.07 bits per heavy atom. The molecule has 0 aromatic heterocycles. The lowest BCUT2D eigenvalue weighted by molar-refractivity contribution is 0.103. The summed E-state index contributed by atoms with van der Waals surface area (Å²) >= 11 is 0. The maximum absolute atomic E-state index is 13.5. The SMILES string of the molecule is COc1ccc([C@@H]2CC(c3ccc(F)cc3)=NC3(CCN(C(C)C)CC3)N2)cc1. The van der Waals surface area contributed by atoms with E-state index < -0.39 is 0 Å². The first-order valence-electron chi connectivity index (χ1n) is 10.5. The van der Waals surface area contributed by atoms with E-state index in [1.807, 2.05) is 24.3 Å². The minimum Gasteiger partial charge on any atom is -0.497 e. The smallest absolute Gasteiger partial charge is 0.123 e. The molecular weight excluding hydrogens is 365 g/mol. The van der Waals surface area contributed by atoms with Crippen LogP contribution in [0.5, 0.6) is 5.75 Å². The number of halogens is 1. The van der Waals surface area contributed by atoms with Gasteiger partial charge in [0.05, 0.1) is 7.11 Å². The molecule has 1 saturated heterocycles. The molecule has 2 aromatic rings. The van der Waals surface area contributed by atoms with Crippen LogP contribution in [0.4, 0.5) is 4.39 Å². The van der Waals surface area contributed by atoms with Gasteiger partial charge in [0.1, 0.15) is 17.2 Å². The van der Waals surface area contributed by atoms with Crippen molar-refractivity contribution in [2.75, 3.05) is 20.2 Å². The number of nitrogens with one attached hydrogen (secondary N) is 1. The molecule has 4 nitrogen and oxygen atoms in total. The second-order valence-electron chi connectivity index (χ2n) is 8.40. The van der Waals surface area contributed by atoms with E-state index in [1.165, 1.54) is 17.7 Å². The van der Waals surface area contributed by atoms with E-state index in [9.17, 15) is 4.39 Å². The van der Waals surface area contributed by atoms with E-state index in [0.29, 0.717) is 6.04 Å². The number of ether oxygens (including phenoxy) is 1. The fourth-order valence-corrected chi connectivity index (χ4v) is 4.43. The van der Waals surface area contributed by atoms with Gasteiger partial charge in [-0.25, -0.2) is 4.39 Å². The van der Waals surface area contributed by atoms with Crippen molar-refractivity contribution in [2.45, 2.75) is 50.9 Å². The van der Waals surface area contributed by atoms with Gasteiger partial charge in [-0.05, 0) is 62.1 Å². The van der Waals surface area contributed by atoms with Crippen molar-refractivity contribution in [3.8, 4) is 5.75 Å². The van der Waals surface area contributed by atoms with Crippen molar-refractivity contribution in [3.63, 3.8) is 0 Å². The largest absolute Gasteiger partial charge is 0.497 e. The normalized spacial score (nSPS) is 22.0. The summed E-state index contributed by atoms with van der Waals surface area (Å²) < 4.78 is 18.8. The summed E-state index contributed by atoms with van der Waals surface area (Å²) in [6.45, 7) is 6.56. The lowest BCUT2D eigenvalue weighted by Crippen LogP contribution is -2.56. The molecule has 0 bridgehead atoms. The zero-order valence-electron chi connectivity index (χ0n) is 17.5. The number of nitrogens with zero attached hydrogens (tertiary/aromatic N) is 2. The van der Waals surface area contributed by atoms with Gasteiger partial charge in [0.2, 0.25) is 0 Å². The molecule has 2 aromatic carbocycles. The fraction of sp³-hybridized carbons (Fsp3) is 0.458. The fourth-order valence-electron chi connectivity index (χ4n) is 4.43. The maximum Gasteiger partial charge on any atom is 0.123 e. The van der Waals surface area contributed by atoms with E-state index in [2.05, 4.69) is 36.2 Å². The molecule has 4 rings (SSSR count). The van der Waals surface area contributed by atoms with Crippen LogP contribution in [-0.4, -0.2) is 42.5 Å². The first-order valence-corrected chi connectivity index (χ1v) is 10.5. The van der Waals surface area contributed by atoms with Gasteiger partial charge in [-0.3, -0.25) is 10.3 Å². The molecule has 2 aliphatic rings. The van der Waals surface area contributed by atoms with Gasteiger partial charge in [0.15, 0.2) is 0 Å². The van der Waals surface area contributed by atoms with Crippen LogP contribution in [0, 0.1) is 5.82 Å². The molecule has 2 heterocycles. The van der Waals surface area contributed by atoms with Crippen LogP contribution in [0.2, 0.25) is 0 Å². The Bertz CT molecular complexity index is 853. The Kier molecular flexibility index (Phi) is 5.70. The molecule has 0 unspecified atom stereocenters. The highest BCUT2D eigenvalue weighted by Crippen LogP contribution is 2.35. The summed E-state index contributed by atoms with van der Waals surface area (Å²) in [7, 11) is 1.69. The molecule has 1 atom stereocenters. The summed E-state index contributed by atoms with van der Waals surface area (Å²) in [5.41, 5.74) is 3.03. The van der Waals surface area contributed by atoms with Crippen LogP contribution in [0.3, 0.4) is 0 Å². The van der Waals surface area contributed by atoms with Crippen LogP contribution in [0.25, 0.3) is 0 Å². The molecule has 2 aliphatic heterocycles. The molecule has 5 heteroatoms. The number of hydrogen-bond acceptors (Lipinski definition) is 4. The summed E-state index contributed by atoms with van der Waals surface area (Å²) in [6.07, 6.45) is 2.73. The predicted octanol–water partition coefficient (Wildman–Crippen LogP) is 4.56. The Morgan fingerprint density at radius 2 is 1.72 bits per heavy atom. The molecule has 1 spiro atoms. The van der Waals surface area contributed by atoms with E-state index >= 15 is 0 Å². The van der Waals surface area contributed by atoms with E-state index in [4.69, 9.17) is 9.73 Å². The van der Waals surface area contributed by atoms with Crippen LogP contribution < -0.4 is 10.1 Å². The Labute approximate surface area is 172 Å². The van der Waals surface area contributed by atoms with Gasteiger partial charge in [-0.15, -0.1) is 0 Å². The standard InChI is InChI=1S/C24H30FN3O/c1-17(2)28-14-12-24(13-15-28)26-22(18-4-8-20(25)9-5-18)16-23(27-24)19-6-10-21(29-3)11-7-19/h4-11,17,23,27H,12-16H2,1-3H3/t23-/m0/s1. The first-order chi connectivity index (χ1) is 14.0. The van der Waals surface area contributed by atoms with Crippen LogP contribution in [0.1, 0.15) is 50.3 Å². The molecule has 0 amide bonds. The average Bonchev–Trinajstić information content (AvgIpc) is 2.74. The molecule has 0 radical (unpaired) electrons. The second kappa shape index (κ2) is 8.25. The lowest BCUT2D eigenvalue weighted by Gasteiger charge is -2.46. The molecule has 0 saturated carbocycles. The Morgan fingerprint density at radius 3 is 2.31 bits per heavy atom. The highest BCUT2D eigenvalue weighted by atomic mass is 19.1. The van der Waals surface area contributed by atoms with Crippen molar-refractivity contribution in [1.29, 1.82) is 0 Å². The predicted molar refractivity (Wildman–Crippen MR) is 115 cm³/mol. The van der Waals surface area contributed by atoms with Gasteiger partial charge in [-0.1, -0.05) is 24.3 Å². The van der Waals surface area contributed by atoms with Crippen LogP contribution >= 0.6 is 0 Å². The highest BCUT2D eigenvalue weighted by Gasteiger charge is 2.40. The van der Waals surface area contributed by atoms with Gasteiger partial charge in [-0.2, -0.15) is 0 Å².